The van der Waals surface area contributed by atoms with Gasteiger partial charge in [0.2, 0.25) is 0 Å². The maximum absolute atomic E-state index is 12.7. The van der Waals surface area contributed by atoms with Gasteiger partial charge < -0.3 is 0 Å². The molecule has 5 heteroatoms. The predicted octanol–water partition coefficient (Wildman–Crippen LogP) is 3.53. The second-order valence-electron chi connectivity index (χ2n) is 5.19. The number of hydrogen-bond acceptors (Lipinski definition) is 3. The van der Waals surface area contributed by atoms with E-state index in [0.717, 1.165) is 31.6 Å². The summed E-state index contributed by atoms with van der Waals surface area (Å²) in [5, 5.41) is 0. The molecule has 0 aliphatic heterocycles. The Kier molecular flexibility index (Phi) is 3.13. The number of thiazole rings is 1. The summed E-state index contributed by atoms with van der Waals surface area (Å²) in [6.45, 7) is 2.03. The smallest absolute Gasteiger partial charge is 0.267 e. The van der Waals surface area contributed by atoms with E-state index in [4.69, 9.17) is 0 Å². The fraction of sp³-hybridized carbons (Fsp3) is 0.0588. The van der Waals surface area contributed by atoms with Gasteiger partial charge in [0.05, 0.1) is 15.6 Å². The van der Waals surface area contributed by atoms with Crippen molar-refractivity contribution in [2.45, 2.75) is 6.92 Å². The first kappa shape index (κ1) is 13.7. The molecule has 0 N–H and O–H groups in total. The Hall–Kier alpha value is -1.98. The molecule has 0 amide bonds. The molecule has 0 atom stereocenters. The van der Waals surface area contributed by atoms with E-state index in [9.17, 15) is 4.79 Å². The van der Waals surface area contributed by atoms with Crippen molar-refractivity contribution in [3.8, 4) is 0 Å². The lowest BCUT2D eigenvalue weighted by atomic mass is 10.2. The number of nitrogens with zero attached hydrogens (tertiary/aromatic N) is 2. The van der Waals surface area contributed by atoms with Gasteiger partial charge in [0.25, 0.3) is 5.56 Å². The van der Waals surface area contributed by atoms with Gasteiger partial charge in [-0.3, -0.25) is 4.79 Å². The second kappa shape index (κ2) is 5.04. The van der Waals surface area contributed by atoms with Gasteiger partial charge >= 0.3 is 0 Å². The van der Waals surface area contributed by atoms with E-state index in [1.54, 1.807) is 4.40 Å². The van der Waals surface area contributed by atoms with Gasteiger partial charge in [0, 0.05) is 4.47 Å². The lowest BCUT2D eigenvalue weighted by Crippen LogP contribution is -2.22. The van der Waals surface area contributed by atoms with Gasteiger partial charge in [-0.25, -0.2) is 9.38 Å². The molecule has 22 heavy (non-hydrogen) atoms. The van der Waals surface area contributed by atoms with E-state index in [-0.39, 0.29) is 5.56 Å². The molecule has 0 bridgehead atoms. The molecule has 4 rings (SSSR count). The van der Waals surface area contributed by atoms with Crippen LogP contribution >= 0.6 is 27.3 Å². The molecule has 3 nitrogen and oxygen atoms in total. The fourth-order valence-corrected chi connectivity index (χ4v) is 3.74. The van der Waals surface area contributed by atoms with Crippen LogP contribution in [0.2, 0.25) is 0 Å². The molecule has 0 aliphatic carbocycles. The Morgan fingerprint density at radius 2 is 1.95 bits per heavy atom. The van der Waals surface area contributed by atoms with Gasteiger partial charge in [-0.1, -0.05) is 45.5 Å². The van der Waals surface area contributed by atoms with Crippen LogP contribution in [0.5, 0.6) is 0 Å². The van der Waals surface area contributed by atoms with E-state index in [0.29, 0.717) is 4.53 Å². The molecule has 0 unspecified atom stereocenters. The molecule has 4 aromatic rings. The Balaban J connectivity index is 1.98. The maximum atomic E-state index is 12.7. The zero-order valence-corrected chi connectivity index (χ0v) is 14.1. The third-order valence-electron chi connectivity index (χ3n) is 3.56. The van der Waals surface area contributed by atoms with Crippen LogP contribution in [0.25, 0.3) is 22.1 Å². The summed E-state index contributed by atoms with van der Waals surface area (Å²) in [5.74, 6) is 0. The quantitative estimate of drug-likeness (QED) is 0.513. The average Bonchev–Trinajstić information content (AvgIpc) is 2.98. The minimum atomic E-state index is -0.00530. The van der Waals surface area contributed by atoms with Gasteiger partial charge in [-0.15, -0.1) is 0 Å². The van der Waals surface area contributed by atoms with Crippen molar-refractivity contribution in [3.05, 3.63) is 73.0 Å². The molecule has 0 fully saturated rings. The van der Waals surface area contributed by atoms with Crippen LogP contribution in [0, 0.1) is 6.92 Å². The van der Waals surface area contributed by atoms with Crippen molar-refractivity contribution in [2.24, 2.45) is 0 Å². The first-order valence-corrected chi connectivity index (χ1v) is 8.42. The molecular formula is C17H11BrN2OS. The molecule has 0 spiro atoms. The third-order valence-corrected chi connectivity index (χ3v) is 5.06. The minimum absolute atomic E-state index is 0.00530. The van der Waals surface area contributed by atoms with Crippen LogP contribution in [0.4, 0.5) is 0 Å². The number of benzene rings is 2. The zero-order valence-electron chi connectivity index (χ0n) is 11.7. The fourth-order valence-electron chi connectivity index (χ4n) is 2.49. The number of rotatable bonds is 1. The van der Waals surface area contributed by atoms with Gasteiger partial charge in [-0.05, 0) is 48.4 Å². The summed E-state index contributed by atoms with van der Waals surface area (Å²) in [6, 6.07) is 13.9. The van der Waals surface area contributed by atoms with Crippen LogP contribution in [-0.2, 0) is 0 Å². The normalized spacial score (nSPS) is 12.5. The highest BCUT2D eigenvalue weighted by molar-refractivity contribution is 9.10. The monoisotopic (exact) mass is 370 g/mol. The molecule has 0 radical (unpaired) electrons. The average molecular weight is 371 g/mol. The highest BCUT2D eigenvalue weighted by atomic mass is 79.9. The van der Waals surface area contributed by atoms with Crippen LogP contribution in [0.1, 0.15) is 11.1 Å². The highest BCUT2D eigenvalue weighted by Gasteiger charge is 2.10. The molecule has 2 aromatic carbocycles. The highest BCUT2D eigenvalue weighted by Crippen LogP contribution is 2.18. The van der Waals surface area contributed by atoms with Crippen LogP contribution in [0.15, 0.2) is 51.7 Å². The van der Waals surface area contributed by atoms with E-state index in [2.05, 4.69) is 20.9 Å². The summed E-state index contributed by atoms with van der Waals surface area (Å²) < 4.78 is 3.42. The summed E-state index contributed by atoms with van der Waals surface area (Å²) >= 11 is 4.84. The molecular weight excluding hydrogens is 360 g/mol. The van der Waals surface area contributed by atoms with Crippen molar-refractivity contribution >= 4 is 49.3 Å². The van der Waals surface area contributed by atoms with Crippen molar-refractivity contribution in [2.75, 3.05) is 0 Å². The van der Waals surface area contributed by atoms with Crippen molar-refractivity contribution in [1.82, 2.24) is 9.38 Å². The van der Waals surface area contributed by atoms with Crippen LogP contribution in [0.3, 0.4) is 0 Å². The largest absolute Gasteiger partial charge is 0.274 e. The van der Waals surface area contributed by atoms with E-state index in [1.807, 2.05) is 55.5 Å². The Labute approximate surface area is 138 Å². The molecule has 2 heterocycles. The molecule has 0 saturated heterocycles. The molecule has 0 saturated carbocycles. The van der Waals surface area contributed by atoms with Crippen molar-refractivity contribution < 1.29 is 0 Å². The number of imidazole rings is 1. The molecule has 2 aromatic heterocycles. The first-order chi connectivity index (χ1) is 10.6. The molecule has 108 valence electrons. The Morgan fingerprint density at radius 1 is 1.18 bits per heavy atom. The zero-order chi connectivity index (χ0) is 15.3. The molecule has 0 aliphatic rings. The predicted molar refractivity (Wildman–Crippen MR) is 94.5 cm³/mol. The number of aryl methyl sites for hydroxylation is 1. The van der Waals surface area contributed by atoms with Gasteiger partial charge in [0.1, 0.15) is 0 Å². The van der Waals surface area contributed by atoms with Crippen LogP contribution in [-0.4, -0.2) is 9.38 Å². The number of aromatic nitrogens is 2. The van der Waals surface area contributed by atoms with Crippen molar-refractivity contribution in [1.29, 1.82) is 0 Å². The van der Waals surface area contributed by atoms with E-state index < -0.39 is 0 Å². The summed E-state index contributed by atoms with van der Waals surface area (Å²) in [5.41, 5.74) is 3.89. The second-order valence-corrected chi connectivity index (χ2v) is 7.11. The SMILES string of the molecule is Cc1ccc2c(c1)nc1sc(=Cc3ccc(Br)cc3)c(=O)n12. The Morgan fingerprint density at radius 3 is 2.73 bits per heavy atom. The number of fused-ring (bicyclic) bond motifs is 3. The van der Waals surface area contributed by atoms with Gasteiger partial charge in [0.15, 0.2) is 4.96 Å². The lowest BCUT2D eigenvalue weighted by Gasteiger charge is -1.92. The number of halogens is 1. The van der Waals surface area contributed by atoms with E-state index >= 15 is 0 Å². The summed E-state index contributed by atoms with van der Waals surface area (Å²) in [4.78, 5) is 18.0. The minimum Gasteiger partial charge on any atom is -0.267 e. The standard InChI is InChI=1S/C17H11BrN2OS/c1-10-2-7-14-13(8-10)19-17-20(14)16(21)15(22-17)9-11-3-5-12(18)6-4-11/h2-9H,1H3. The van der Waals surface area contributed by atoms with Crippen LogP contribution < -0.4 is 10.1 Å². The van der Waals surface area contributed by atoms with E-state index in [1.165, 1.54) is 11.3 Å². The summed E-state index contributed by atoms with van der Waals surface area (Å²) in [6.07, 6.45) is 1.91. The van der Waals surface area contributed by atoms with Gasteiger partial charge in [-0.2, -0.15) is 0 Å². The third kappa shape index (κ3) is 2.17. The maximum Gasteiger partial charge on any atom is 0.274 e. The first-order valence-electron chi connectivity index (χ1n) is 6.81. The number of hydrogen-bond donors (Lipinski definition) is 0. The summed E-state index contributed by atoms with van der Waals surface area (Å²) in [7, 11) is 0. The lowest BCUT2D eigenvalue weighted by molar-refractivity contribution is 1.19. The topological polar surface area (TPSA) is 34.4 Å². The Bertz CT molecular complexity index is 1110. The van der Waals surface area contributed by atoms with Crippen molar-refractivity contribution in [3.63, 3.8) is 0 Å².